The fourth-order valence-corrected chi connectivity index (χ4v) is 1.45. The number of nitrogens with two attached hydrogens (primary N) is 1. The quantitative estimate of drug-likeness (QED) is 0.705. The molecule has 0 amide bonds. The molecule has 3 N–H and O–H groups in total. The van der Waals surface area contributed by atoms with Gasteiger partial charge in [-0.3, -0.25) is 5.10 Å². The van der Waals surface area contributed by atoms with Crippen molar-refractivity contribution in [3.63, 3.8) is 0 Å². The maximum Gasteiger partial charge on any atom is 0.182 e. The number of aromatic nitrogens is 3. The van der Waals surface area contributed by atoms with Crippen molar-refractivity contribution in [2.75, 3.05) is 5.73 Å². The van der Waals surface area contributed by atoms with Crippen LogP contribution in [-0.2, 0) is 0 Å². The SMILES string of the molecule is Cc1nc(-c2ccc(N)cc2Cl)n[nH]1. The standard InChI is InChI=1S/C9H9ClN4/c1-5-12-9(14-13-5)7-3-2-6(11)4-8(7)10/h2-4H,11H2,1H3,(H,12,13,14). The molecule has 0 unspecified atom stereocenters. The number of halogens is 1. The van der Waals surface area contributed by atoms with Gasteiger partial charge in [-0.15, -0.1) is 0 Å². The van der Waals surface area contributed by atoms with E-state index in [0.29, 0.717) is 16.5 Å². The molecule has 0 saturated heterocycles. The smallest absolute Gasteiger partial charge is 0.182 e. The predicted molar refractivity (Wildman–Crippen MR) is 56.0 cm³/mol. The molecule has 5 heteroatoms. The van der Waals surface area contributed by atoms with Crippen LogP contribution in [0.15, 0.2) is 18.2 Å². The Hall–Kier alpha value is -1.55. The van der Waals surface area contributed by atoms with Gasteiger partial charge < -0.3 is 5.73 Å². The molecule has 14 heavy (non-hydrogen) atoms. The van der Waals surface area contributed by atoms with Gasteiger partial charge in [0.1, 0.15) is 5.82 Å². The summed E-state index contributed by atoms with van der Waals surface area (Å²) in [4.78, 5) is 4.18. The summed E-state index contributed by atoms with van der Waals surface area (Å²) in [6.07, 6.45) is 0. The lowest BCUT2D eigenvalue weighted by Gasteiger charge is -1.99. The molecule has 0 aliphatic heterocycles. The van der Waals surface area contributed by atoms with E-state index in [2.05, 4.69) is 15.2 Å². The number of rotatable bonds is 1. The minimum atomic E-state index is 0.559. The van der Waals surface area contributed by atoms with E-state index in [1.165, 1.54) is 0 Å². The van der Waals surface area contributed by atoms with Crippen molar-refractivity contribution in [1.29, 1.82) is 0 Å². The van der Waals surface area contributed by atoms with E-state index in [9.17, 15) is 0 Å². The lowest BCUT2D eigenvalue weighted by molar-refractivity contribution is 1.04. The van der Waals surface area contributed by atoms with Gasteiger partial charge >= 0.3 is 0 Å². The maximum atomic E-state index is 6.00. The van der Waals surface area contributed by atoms with Crippen molar-refractivity contribution < 1.29 is 0 Å². The molecule has 72 valence electrons. The van der Waals surface area contributed by atoms with E-state index in [1.54, 1.807) is 18.2 Å². The largest absolute Gasteiger partial charge is 0.399 e. The minimum Gasteiger partial charge on any atom is -0.399 e. The molecule has 1 aromatic heterocycles. The van der Waals surface area contributed by atoms with Crippen LogP contribution < -0.4 is 5.73 Å². The minimum absolute atomic E-state index is 0.559. The molecule has 0 radical (unpaired) electrons. The molecule has 4 nitrogen and oxygen atoms in total. The predicted octanol–water partition coefficient (Wildman–Crippen LogP) is 2.02. The second kappa shape index (κ2) is 3.31. The number of hydrogen-bond donors (Lipinski definition) is 2. The van der Waals surface area contributed by atoms with Crippen LogP contribution in [0.5, 0.6) is 0 Å². The lowest BCUT2D eigenvalue weighted by Crippen LogP contribution is -1.87. The van der Waals surface area contributed by atoms with E-state index in [-0.39, 0.29) is 0 Å². The zero-order chi connectivity index (χ0) is 10.1. The van der Waals surface area contributed by atoms with Gasteiger partial charge in [0.15, 0.2) is 5.82 Å². The first kappa shape index (κ1) is 9.02. The van der Waals surface area contributed by atoms with Crippen LogP contribution in [-0.4, -0.2) is 15.2 Å². The fraction of sp³-hybridized carbons (Fsp3) is 0.111. The van der Waals surface area contributed by atoms with E-state index in [1.807, 2.05) is 6.92 Å². The van der Waals surface area contributed by atoms with Gasteiger partial charge in [-0.05, 0) is 25.1 Å². The summed E-state index contributed by atoms with van der Waals surface area (Å²) >= 11 is 6.00. The number of H-pyrrole nitrogens is 1. The molecule has 1 aromatic carbocycles. The highest BCUT2D eigenvalue weighted by Gasteiger charge is 2.07. The van der Waals surface area contributed by atoms with Gasteiger partial charge in [0.2, 0.25) is 0 Å². The molecular weight excluding hydrogens is 200 g/mol. The molecule has 0 fully saturated rings. The molecule has 0 atom stereocenters. The van der Waals surface area contributed by atoms with Crippen molar-refractivity contribution in [2.24, 2.45) is 0 Å². The average molecular weight is 209 g/mol. The van der Waals surface area contributed by atoms with E-state index >= 15 is 0 Å². The molecule has 0 bridgehead atoms. The summed E-state index contributed by atoms with van der Waals surface area (Å²) in [5.74, 6) is 1.35. The Balaban J connectivity index is 2.52. The van der Waals surface area contributed by atoms with Gasteiger partial charge in [0.05, 0.1) is 5.02 Å². The molecule has 2 rings (SSSR count). The number of nitrogens with one attached hydrogen (secondary N) is 1. The van der Waals surface area contributed by atoms with Crippen LogP contribution in [0.25, 0.3) is 11.4 Å². The lowest BCUT2D eigenvalue weighted by atomic mass is 10.2. The molecular formula is C9H9ClN4. The molecule has 0 spiro atoms. The number of nitrogen functional groups attached to an aromatic ring is 1. The maximum absolute atomic E-state index is 6.00. The van der Waals surface area contributed by atoms with Gasteiger partial charge in [0.25, 0.3) is 0 Å². The summed E-state index contributed by atoms with van der Waals surface area (Å²) in [5, 5.41) is 7.33. The number of benzene rings is 1. The van der Waals surface area contributed by atoms with Crippen molar-refractivity contribution in [2.45, 2.75) is 6.92 Å². The van der Waals surface area contributed by atoms with Crippen LogP contribution in [0.1, 0.15) is 5.82 Å². The Kier molecular flexibility index (Phi) is 2.13. The van der Waals surface area contributed by atoms with Gasteiger partial charge in [-0.25, -0.2) is 4.98 Å². The number of anilines is 1. The van der Waals surface area contributed by atoms with E-state index < -0.39 is 0 Å². The van der Waals surface area contributed by atoms with Crippen molar-refractivity contribution >= 4 is 17.3 Å². The average Bonchev–Trinajstić information content (AvgIpc) is 2.51. The Morgan fingerprint density at radius 2 is 2.21 bits per heavy atom. The number of nitrogens with zero attached hydrogens (tertiary/aromatic N) is 2. The van der Waals surface area contributed by atoms with Gasteiger partial charge in [-0.2, -0.15) is 5.10 Å². The Bertz CT molecular complexity index is 464. The summed E-state index contributed by atoms with van der Waals surface area (Å²) in [7, 11) is 0. The highest BCUT2D eigenvalue weighted by Crippen LogP contribution is 2.26. The first-order valence-electron chi connectivity index (χ1n) is 4.11. The van der Waals surface area contributed by atoms with Crippen LogP contribution >= 0.6 is 11.6 Å². The fourth-order valence-electron chi connectivity index (χ4n) is 1.18. The Labute approximate surface area is 86.1 Å². The van der Waals surface area contributed by atoms with Crippen molar-refractivity contribution in [3.05, 3.63) is 29.0 Å². The second-order valence-electron chi connectivity index (χ2n) is 2.98. The third kappa shape index (κ3) is 1.56. The van der Waals surface area contributed by atoms with Crippen LogP contribution in [0.4, 0.5) is 5.69 Å². The molecule has 0 aliphatic rings. The zero-order valence-electron chi connectivity index (χ0n) is 7.58. The first-order valence-corrected chi connectivity index (χ1v) is 4.49. The first-order chi connectivity index (χ1) is 6.66. The van der Waals surface area contributed by atoms with Crippen molar-refractivity contribution in [3.8, 4) is 11.4 Å². The third-order valence-electron chi connectivity index (χ3n) is 1.83. The van der Waals surface area contributed by atoms with E-state index in [4.69, 9.17) is 17.3 Å². The van der Waals surface area contributed by atoms with Crippen LogP contribution in [0, 0.1) is 6.92 Å². The monoisotopic (exact) mass is 208 g/mol. The summed E-state index contributed by atoms with van der Waals surface area (Å²) in [5.41, 5.74) is 6.99. The van der Waals surface area contributed by atoms with Crippen LogP contribution in [0.3, 0.4) is 0 Å². The van der Waals surface area contributed by atoms with Crippen LogP contribution in [0.2, 0.25) is 5.02 Å². The normalized spacial score (nSPS) is 10.4. The van der Waals surface area contributed by atoms with E-state index in [0.717, 1.165) is 11.4 Å². The molecule has 2 aromatic rings. The summed E-state index contributed by atoms with van der Waals surface area (Å²) in [6.45, 7) is 1.84. The number of aryl methyl sites for hydroxylation is 1. The zero-order valence-corrected chi connectivity index (χ0v) is 8.34. The molecule has 0 saturated carbocycles. The second-order valence-corrected chi connectivity index (χ2v) is 3.39. The molecule has 0 aliphatic carbocycles. The van der Waals surface area contributed by atoms with Crippen molar-refractivity contribution in [1.82, 2.24) is 15.2 Å². The van der Waals surface area contributed by atoms with Gasteiger partial charge in [-0.1, -0.05) is 11.6 Å². The molecule has 1 heterocycles. The highest BCUT2D eigenvalue weighted by atomic mass is 35.5. The van der Waals surface area contributed by atoms with Gasteiger partial charge in [0, 0.05) is 11.3 Å². The third-order valence-corrected chi connectivity index (χ3v) is 2.14. The summed E-state index contributed by atoms with van der Waals surface area (Å²) < 4.78 is 0. The topological polar surface area (TPSA) is 67.6 Å². The number of aromatic amines is 1. The highest BCUT2D eigenvalue weighted by molar-refractivity contribution is 6.33. The Morgan fingerprint density at radius 1 is 1.43 bits per heavy atom. The number of hydrogen-bond acceptors (Lipinski definition) is 3. The summed E-state index contributed by atoms with van der Waals surface area (Å²) in [6, 6.07) is 5.26. The Morgan fingerprint density at radius 3 is 2.79 bits per heavy atom.